The summed E-state index contributed by atoms with van der Waals surface area (Å²) in [5.41, 5.74) is 6.72. The van der Waals surface area contributed by atoms with E-state index in [4.69, 9.17) is 35.4 Å². The number of anilines is 4. The van der Waals surface area contributed by atoms with Crippen molar-refractivity contribution in [3.05, 3.63) is 161 Å². The molecule has 16 nitrogen and oxygen atoms in total. The Morgan fingerprint density at radius 1 is 0.644 bits per heavy atom. The largest absolute Gasteiger partial charge is 0.486 e. The van der Waals surface area contributed by atoms with E-state index in [2.05, 4.69) is 104 Å². The summed E-state index contributed by atoms with van der Waals surface area (Å²) < 4.78 is 99.3. The number of benzene rings is 4. The number of hydrogen-bond donors (Lipinski definition) is 4. The van der Waals surface area contributed by atoms with E-state index in [-0.39, 0.29) is 42.4 Å². The first kappa shape index (κ1) is 77.9. The van der Waals surface area contributed by atoms with Crippen molar-refractivity contribution in [1.82, 2.24) is 19.8 Å². The maximum Gasteiger partial charge on any atom is 0.486 e. The summed E-state index contributed by atoms with van der Waals surface area (Å²) in [6, 6.07) is 38.4. The number of urea groups is 2. The number of allylic oxidation sites excluding steroid dienone is 1. The molecule has 5 fully saturated rings. The lowest BCUT2D eigenvalue weighted by Crippen LogP contribution is -2.65. The van der Waals surface area contributed by atoms with Crippen molar-refractivity contribution in [3.8, 4) is 22.3 Å². The molecule has 0 saturated carbocycles. The van der Waals surface area contributed by atoms with Crippen molar-refractivity contribution in [2.75, 3.05) is 99.2 Å². The highest BCUT2D eigenvalue weighted by atomic mass is 35.5. The molecule has 6 aromatic rings. The van der Waals surface area contributed by atoms with Gasteiger partial charge in [0.2, 0.25) is 0 Å². The minimum absolute atomic E-state index is 0.0936. The second-order valence-electron chi connectivity index (χ2n) is 28.8. The number of morpholine rings is 2. The van der Waals surface area contributed by atoms with Gasteiger partial charge in [-0.1, -0.05) is 123 Å². The number of alkyl halides is 6. The second kappa shape index (κ2) is 33.4. The number of pyridine rings is 2. The Morgan fingerprint density at radius 2 is 1.08 bits per heavy atom. The fourth-order valence-electron chi connectivity index (χ4n) is 13.6. The number of hydrogen-bond acceptors (Lipinski definition) is 12. The number of aromatic nitrogens is 2. The number of aliphatic hydroxyl groups excluding tert-OH is 1. The molecule has 4 amide bonds. The maximum absolute atomic E-state index is 12.8. The molecule has 5 aliphatic heterocycles. The number of nitrogens with zero attached hydrogens (tertiary/aromatic N) is 6. The predicted octanol–water partition coefficient (Wildman–Crippen LogP) is 15.2. The molecule has 0 aliphatic carbocycles. The summed E-state index contributed by atoms with van der Waals surface area (Å²) in [6.07, 6.45) is -3.60. The summed E-state index contributed by atoms with van der Waals surface area (Å²) in [7, 11) is -3.33. The van der Waals surface area contributed by atoms with Crippen LogP contribution in [0.4, 0.5) is 58.9 Å². The van der Waals surface area contributed by atoms with Crippen LogP contribution in [-0.4, -0.2) is 166 Å². The van der Waals surface area contributed by atoms with Gasteiger partial charge in [0.05, 0.1) is 49.4 Å². The number of rotatable bonds is 17. The lowest BCUT2D eigenvalue weighted by Gasteiger charge is -2.42. The predicted molar refractivity (Wildman–Crippen MR) is 393 cm³/mol. The van der Waals surface area contributed by atoms with Crippen LogP contribution < -0.4 is 30.8 Å². The van der Waals surface area contributed by atoms with Crippen LogP contribution in [0.2, 0.25) is 10.2 Å². The number of halogens is 7. The summed E-state index contributed by atoms with van der Waals surface area (Å²) in [6.45, 7) is 26.7. The molecule has 25 heteroatoms. The summed E-state index contributed by atoms with van der Waals surface area (Å²) in [5.74, 6) is 2.74. The highest BCUT2D eigenvalue weighted by Gasteiger charge is 2.52. The molecular formula is C76H96BClF6N8O8Si. The van der Waals surface area contributed by atoms with Gasteiger partial charge in [0.15, 0.2) is 0 Å². The van der Waals surface area contributed by atoms with Crippen LogP contribution in [0.3, 0.4) is 0 Å². The monoisotopic (exact) mass is 1440 g/mol. The topological polar surface area (TPSA) is 174 Å². The smallest absolute Gasteiger partial charge is 0.424 e. The van der Waals surface area contributed by atoms with Crippen LogP contribution in [0.15, 0.2) is 139 Å². The van der Waals surface area contributed by atoms with Crippen molar-refractivity contribution >= 4 is 78.6 Å². The fourth-order valence-corrected chi connectivity index (χ4v) is 17.7. The van der Waals surface area contributed by atoms with Crippen LogP contribution in [0, 0.1) is 31.6 Å². The second-order valence-corrected chi connectivity index (χ2v) is 33.1. The van der Waals surface area contributed by atoms with E-state index in [9.17, 15) is 45.8 Å². The lowest BCUT2D eigenvalue weighted by atomic mass is 9.86. The average molecular weight is 1440 g/mol. The Hall–Kier alpha value is -7.29. The summed E-state index contributed by atoms with van der Waals surface area (Å²) >= 11 is 6.32. The van der Waals surface area contributed by atoms with E-state index < -0.39 is 63.5 Å². The van der Waals surface area contributed by atoms with E-state index in [1.54, 1.807) is 37.3 Å². The minimum atomic E-state index is -4.23. The highest BCUT2D eigenvalue weighted by Crippen LogP contribution is 2.43. The zero-order valence-electron chi connectivity index (χ0n) is 59.4. The van der Waals surface area contributed by atoms with Crippen LogP contribution in [0.25, 0.3) is 28.3 Å². The zero-order chi connectivity index (χ0) is 73.1. The molecule has 0 unspecified atom stereocenters. The molecule has 11 rings (SSSR count). The zero-order valence-corrected chi connectivity index (χ0v) is 61.2. The van der Waals surface area contributed by atoms with Gasteiger partial charge in [-0.05, 0) is 189 Å². The molecule has 7 heterocycles. The molecule has 101 heavy (non-hydrogen) atoms. The molecule has 5 saturated heterocycles. The quantitative estimate of drug-likeness (QED) is 0.0387. The van der Waals surface area contributed by atoms with Crippen molar-refractivity contribution in [2.45, 2.75) is 136 Å². The average Bonchev–Trinajstić information content (AvgIpc) is 1.56. The highest BCUT2D eigenvalue weighted by molar-refractivity contribution is 6.98. The SMILES string of the molecule is C[C@H](/C=C/B1OC(C)(C)C(C)(C)O1)CC(C)(C)[Si](O)(c1ccccc1)c1ccccc1.Cc1ccc(NC(=O)N2CC[C@@H](CC(F)(F)F)C2)cc1-c1cc(/C=C/[C@@H](C)O)nc(N2CCOCC2)c1.Cc1ccc(NC(=O)N2CC[C@@H](CC(F)(F)F)C2)cc1-c1cc(Cl)nc(N2CCOCC2)c1. The normalized spacial score (nSPS) is 19.4. The molecule has 4 aromatic carbocycles. The Labute approximate surface area is 596 Å². The van der Waals surface area contributed by atoms with Crippen LogP contribution >= 0.6 is 11.6 Å². The van der Waals surface area contributed by atoms with Crippen molar-refractivity contribution in [3.63, 3.8) is 0 Å². The molecule has 5 aliphatic rings. The Balaban J connectivity index is 0.000000177. The van der Waals surface area contributed by atoms with Gasteiger partial charge in [-0.3, -0.25) is 0 Å². The van der Waals surface area contributed by atoms with E-state index in [1.165, 1.54) is 9.80 Å². The van der Waals surface area contributed by atoms with Gasteiger partial charge in [-0.2, -0.15) is 26.3 Å². The summed E-state index contributed by atoms with van der Waals surface area (Å²) in [4.78, 5) is 54.1. The van der Waals surface area contributed by atoms with E-state index >= 15 is 0 Å². The first-order valence-electron chi connectivity index (χ1n) is 34.7. The van der Waals surface area contributed by atoms with E-state index in [0.29, 0.717) is 74.6 Å². The molecule has 0 radical (unpaired) electrons. The van der Waals surface area contributed by atoms with Crippen molar-refractivity contribution in [2.24, 2.45) is 17.8 Å². The van der Waals surface area contributed by atoms with Crippen LogP contribution in [0.5, 0.6) is 0 Å². The van der Waals surface area contributed by atoms with Gasteiger partial charge in [0.1, 0.15) is 16.8 Å². The third-order valence-electron chi connectivity index (χ3n) is 19.7. The standard InChI is InChI=1S/C27H33F3N4O3.C26H37BO3Si.C23H26ClF3N4O2/c1-18-3-5-23(32-26(36)34-8-7-20(17-34)16-27(28,29)30)15-24(18)21-13-22(6-4-19(2)35)31-25(14-21)33-9-11-37-12-10-33;1-21(18-19-27-29-25(4,5)26(6,7)30-27)20-24(2,3)31(28,22-14-10-8-11-15-22)23-16-12-9-13-17-23;1-15-2-3-18(28-22(32)31-5-4-16(14-31)13-23(25,26)27)12-19(15)17-10-20(24)29-21(11-17)30-6-8-33-9-7-30/h3-6,13-15,19-20,35H,7-12,16-17H2,1-2H3,(H,32,36);8-19,21,28H,20H2,1-7H3;2-3,10-12,16H,4-9,13-14H2,1H3,(H,28,32)/b6-4+;19-18+;/t19-,20+;21-;16-/m110/s1. The van der Waals surface area contributed by atoms with Gasteiger partial charge < -0.3 is 58.9 Å². The number of carbonyl (C=O) groups is 2. The van der Waals surface area contributed by atoms with E-state index in [0.717, 1.165) is 88.0 Å². The minimum Gasteiger partial charge on any atom is -0.424 e. The van der Waals surface area contributed by atoms with Gasteiger partial charge >= 0.3 is 31.5 Å². The fraction of sp³-hybridized carbons (Fsp3) is 0.474. The number of carbonyl (C=O) groups excluding carboxylic acids is 2. The lowest BCUT2D eigenvalue weighted by molar-refractivity contribution is -0.144. The molecule has 4 N–H and O–H groups in total. The number of amides is 4. The van der Waals surface area contributed by atoms with Crippen LogP contribution in [-0.2, 0) is 18.8 Å². The number of nitrogens with one attached hydrogen (secondary N) is 2. The molecule has 4 atom stereocenters. The Bertz CT molecular complexity index is 3770. The molecule has 0 spiro atoms. The summed E-state index contributed by atoms with van der Waals surface area (Å²) in [5, 5.41) is 17.6. The number of ether oxygens (including phenoxy) is 2. The maximum atomic E-state index is 12.8. The van der Waals surface area contributed by atoms with E-state index in [1.807, 2.05) is 98.7 Å². The number of aliphatic hydroxyl groups is 1. The Kier molecular flexibility index (Phi) is 25.8. The Morgan fingerprint density at radius 3 is 1.51 bits per heavy atom. The van der Waals surface area contributed by atoms with Crippen molar-refractivity contribution in [1.29, 1.82) is 0 Å². The molecule has 2 aromatic heterocycles. The molecular weight excluding hydrogens is 1340 g/mol. The third kappa shape index (κ3) is 21.2. The van der Waals surface area contributed by atoms with Crippen molar-refractivity contribution < 1.29 is 64.6 Å². The number of aryl methyl sites for hydroxylation is 2. The van der Waals surface area contributed by atoms with Gasteiger partial charge in [0.25, 0.3) is 8.32 Å². The van der Waals surface area contributed by atoms with Crippen LogP contribution in [0.1, 0.15) is 104 Å². The first-order chi connectivity index (χ1) is 47.6. The first-order valence-corrected chi connectivity index (χ1v) is 37.0. The third-order valence-corrected chi connectivity index (χ3v) is 24.4. The van der Waals surface area contributed by atoms with Gasteiger partial charge in [-0.15, -0.1) is 0 Å². The number of likely N-dealkylation sites (tertiary alicyclic amines) is 2. The van der Waals surface area contributed by atoms with Gasteiger partial charge in [-0.25, -0.2) is 19.6 Å². The van der Waals surface area contributed by atoms with Gasteiger partial charge in [0, 0.05) is 76.6 Å². The molecule has 544 valence electrons. The molecule has 0 bridgehead atoms.